The van der Waals surface area contributed by atoms with Crippen LogP contribution in [0.4, 0.5) is 0 Å². The van der Waals surface area contributed by atoms with Gasteiger partial charge in [-0.2, -0.15) is 0 Å². The topological polar surface area (TPSA) is 54.3 Å². The molecule has 20 heavy (non-hydrogen) atoms. The van der Waals surface area contributed by atoms with Crippen LogP contribution in [-0.2, 0) is 4.79 Å². The average Bonchev–Trinajstić information content (AvgIpc) is 2.88. The van der Waals surface area contributed by atoms with Gasteiger partial charge in [-0.15, -0.1) is 0 Å². The molecule has 2 aromatic rings. The molecule has 0 saturated carbocycles. The molecule has 0 radical (unpaired) electrons. The van der Waals surface area contributed by atoms with Crippen LogP contribution in [0.3, 0.4) is 0 Å². The highest BCUT2D eigenvalue weighted by molar-refractivity contribution is 5.85. The molecule has 0 aliphatic rings. The summed E-state index contributed by atoms with van der Waals surface area (Å²) in [7, 11) is 1.91. The van der Waals surface area contributed by atoms with Gasteiger partial charge in [0.05, 0.1) is 5.92 Å². The number of amides is 1. The summed E-state index contributed by atoms with van der Waals surface area (Å²) < 4.78 is 5.73. The summed E-state index contributed by atoms with van der Waals surface area (Å²) in [5.41, 5.74) is 0.825. The lowest BCUT2D eigenvalue weighted by Gasteiger charge is -2.14. The maximum atomic E-state index is 12.1. The molecule has 2 atom stereocenters. The van der Waals surface area contributed by atoms with Crippen molar-refractivity contribution in [3.8, 4) is 0 Å². The first-order valence-electron chi connectivity index (χ1n) is 7.02. The third-order valence-electron chi connectivity index (χ3n) is 3.44. The fraction of sp³-hybridized carbons (Fsp3) is 0.438. The number of hydrogen-bond donors (Lipinski definition) is 2. The van der Waals surface area contributed by atoms with Crippen LogP contribution in [0.2, 0.25) is 0 Å². The van der Waals surface area contributed by atoms with Crippen molar-refractivity contribution in [1.82, 2.24) is 10.6 Å². The van der Waals surface area contributed by atoms with Gasteiger partial charge >= 0.3 is 0 Å². The molecule has 4 nitrogen and oxygen atoms in total. The predicted octanol–water partition coefficient (Wildman–Crippen LogP) is 2.51. The molecule has 1 amide bonds. The molecular formula is C16H22N2O2. The SMILES string of the molecule is CNC[C@H](C)CNC(=O)[C@H](C)c1cc2ccccc2o1. The Balaban J connectivity index is 1.99. The van der Waals surface area contributed by atoms with E-state index in [1.807, 2.05) is 44.3 Å². The molecule has 1 aromatic heterocycles. The molecule has 0 aliphatic heterocycles. The van der Waals surface area contributed by atoms with Crippen LogP contribution in [0.25, 0.3) is 11.0 Å². The van der Waals surface area contributed by atoms with E-state index >= 15 is 0 Å². The first-order chi connectivity index (χ1) is 9.61. The number of para-hydroxylation sites is 1. The summed E-state index contributed by atoms with van der Waals surface area (Å²) in [5, 5.41) is 7.10. The van der Waals surface area contributed by atoms with Gasteiger partial charge in [-0.05, 0) is 38.6 Å². The van der Waals surface area contributed by atoms with Crippen LogP contribution in [-0.4, -0.2) is 26.0 Å². The van der Waals surface area contributed by atoms with Gasteiger partial charge in [0.2, 0.25) is 5.91 Å². The van der Waals surface area contributed by atoms with E-state index in [1.54, 1.807) is 0 Å². The van der Waals surface area contributed by atoms with Crippen molar-refractivity contribution in [2.45, 2.75) is 19.8 Å². The first-order valence-corrected chi connectivity index (χ1v) is 7.02. The summed E-state index contributed by atoms with van der Waals surface area (Å²) in [6.07, 6.45) is 0. The highest BCUT2D eigenvalue weighted by Crippen LogP contribution is 2.24. The second kappa shape index (κ2) is 6.57. The monoisotopic (exact) mass is 274 g/mol. The Morgan fingerprint density at radius 1 is 1.25 bits per heavy atom. The Labute approximate surface area is 119 Å². The highest BCUT2D eigenvalue weighted by Gasteiger charge is 2.19. The third-order valence-corrected chi connectivity index (χ3v) is 3.44. The molecule has 1 aromatic carbocycles. The quantitative estimate of drug-likeness (QED) is 0.851. The second-order valence-corrected chi connectivity index (χ2v) is 5.32. The van der Waals surface area contributed by atoms with E-state index in [9.17, 15) is 4.79 Å². The van der Waals surface area contributed by atoms with E-state index in [0.717, 1.165) is 17.5 Å². The van der Waals surface area contributed by atoms with Crippen LogP contribution in [0.1, 0.15) is 25.5 Å². The number of benzene rings is 1. The van der Waals surface area contributed by atoms with Crippen molar-refractivity contribution >= 4 is 16.9 Å². The van der Waals surface area contributed by atoms with Crippen molar-refractivity contribution in [2.75, 3.05) is 20.1 Å². The number of nitrogens with one attached hydrogen (secondary N) is 2. The van der Waals surface area contributed by atoms with Crippen LogP contribution in [0.15, 0.2) is 34.7 Å². The Kier molecular flexibility index (Phi) is 4.79. The maximum absolute atomic E-state index is 12.1. The van der Waals surface area contributed by atoms with Crippen LogP contribution in [0, 0.1) is 5.92 Å². The minimum atomic E-state index is -0.274. The van der Waals surface area contributed by atoms with Gasteiger partial charge in [-0.1, -0.05) is 25.1 Å². The molecule has 108 valence electrons. The zero-order valence-electron chi connectivity index (χ0n) is 12.3. The molecule has 2 rings (SSSR count). The smallest absolute Gasteiger partial charge is 0.230 e. The van der Waals surface area contributed by atoms with Gasteiger partial charge in [-0.25, -0.2) is 0 Å². The molecule has 0 unspecified atom stereocenters. The minimum Gasteiger partial charge on any atom is -0.460 e. The van der Waals surface area contributed by atoms with Crippen molar-refractivity contribution < 1.29 is 9.21 Å². The van der Waals surface area contributed by atoms with Gasteiger partial charge in [0, 0.05) is 11.9 Å². The van der Waals surface area contributed by atoms with E-state index < -0.39 is 0 Å². The second-order valence-electron chi connectivity index (χ2n) is 5.32. The minimum absolute atomic E-state index is 0.00649. The van der Waals surface area contributed by atoms with E-state index in [0.29, 0.717) is 18.2 Å². The zero-order valence-corrected chi connectivity index (χ0v) is 12.3. The Bertz CT molecular complexity index is 544. The number of hydrogen-bond acceptors (Lipinski definition) is 3. The number of furan rings is 1. The standard InChI is InChI=1S/C16H22N2O2/c1-11(9-17-3)10-18-16(19)12(2)15-8-13-6-4-5-7-14(13)20-15/h4-8,11-12,17H,9-10H2,1-3H3,(H,18,19)/t11-,12+/m0/s1. The lowest BCUT2D eigenvalue weighted by Crippen LogP contribution is -2.34. The van der Waals surface area contributed by atoms with Crippen LogP contribution < -0.4 is 10.6 Å². The molecule has 0 aliphatic carbocycles. The van der Waals surface area contributed by atoms with Gasteiger partial charge in [0.15, 0.2) is 0 Å². The summed E-state index contributed by atoms with van der Waals surface area (Å²) >= 11 is 0. The summed E-state index contributed by atoms with van der Waals surface area (Å²) in [6, 6.07) is 9.74. The Morgan fingerprint density at radius 3 is 2.70 bits per heavy atom. The van der Waals surface area contributed by atoms with Gasteiger partial charge in [-0.3, -0.25) is 4.79 Å². The molecule has 1 heterocycles. The summed E-state index contributed by atoms with van der Waals surface area (Å²) in [5.74, 6) is 0.855. The van der Waals surface area contributed by atoms with Crippen molar-refractivity contribution in [2.24, 2.45) is 5.92 Å². The lowest BCUT2D eigenvalue weighted by molar-refractivity contribution is -0.122. The molecule has 0 spiro atoms. The molecule has 4 heteroatoms. The fourth-order valence-corrected chi connectivity index (χ4v) is 2.19. The number of carbonyl (C=O) groups excluding carboxylic acids is 1. The molecule has 0 bridgehead atoms. The van der Waals surface area contributed by atoms with Crippen LogP contribution >= 0.6 is 0 Å². The molecule has 0 saturated heterocycles. The maximum Gasteiger partial charge on any atom is 0.230 e. The van der Waals surface area contributed by atoms with Crippen molar-refractivity contribution in [3.05, 3.63) is 36.1 Å². The van der Waals surface area contributed by atoms with Gasteiger partial charge < -0.3 is 15.1 Å². The van der Waals surface area contributed by atoms with E-state index in [2.05, 4.69) is 17.6 Å². The fourth-order valence-electron chi connectivity index (χ4n) is 2.19. The first kappa shape index (κ1) is 14.6. The third kappa shape index (κ3) is 3.39. The average molecular weight is 274 g/mol. The zero-order chi connectivity index (χ0) is 14.5. The molecule has 0 fully saturated rings. The molecular weight excluding hydrogens is 252 g/mol. The number of carbonyl (C=O) groups is 1. The van der Waals surface area contributed by atoms with Crippen molar-refractivity contribution in [1.29, 1.82) is 0 Å². The van der Waals surface area contributed by atoms with Crippen LogP contribution in [0.5, 0.6) is 0 Å². The Hall–Kier alpha value is -1.81. The highest BCUT2D eigenvalue weighted by atomic mass is 16.3. The predicted molar refractivity (Wildman–Crippen MR) is 80.7 cm³/mol. The lowest BCUT2D eigenvalue weighted by atomic mass is 10.1. The van der Waals surface area contributed by atoms with Crippen molar-refractivity contribution in [3.63, 3.8) is 0 Å². The van der Waals surface area contributed by atoms with Gasteiger partial charge in [0.25, 0.3) is 0 Å². The van der Waals surface area contributed by atoms with Gasteiger partial charge in [0.1, 0.15) is 11.3 Å². The van der Waals surface area contributed by atoms with E-state index in [4.69, 9.17) is 4.42 Å². The number of fused-ring (bicyclic) bond motifs is 1. The van der Waals surface area contributed by atoms with E-state index in [1.165, 1.54) is 0 Å². The largest absolute Gasteiger partial charge is 0.460 e. The number of rotatable bonds is 6. The summed E-state index contributed by atoms with van der Waals surface area (Å²) in [6.45, 7) is 5.53. The Morgan fingerprint density at radius 2 is 2.00 bits per heavy atom. The molecule has 2 N–H and O–H groups in total. The summed E-state index contributed by atoms with van der Waals surface area (Å²) in [4.78, 5) is 12.1. The normalized spacial score (nSPS) is 14.2. The van der Waals surface area contributed by atoms with E-state index in [-0.39, 0.29) is 11.8 Å².